The maximum atomic E-state index is 13.4. The van der Waals surface area contributed by atoms with Gasteiger partial charge >= 0.3 is 5.97 Å². The molecule has 170 valence electrons. The molecule has 2 bridgehead atoms. The lowest BCUT2D eigenvalue weighted by Crippen LogP contribution is -2.70. The third kappa shape index (κ3) is 3.50. The summed E-state index contributed by atoms with van der Waals surface area (Å²) in [5.41, 5.74) is -0.370. The summed E-state index contributed by atoms with van der Waals surface area (Å²) >= 11 is 0. The molecule has 5 aliphatic rings. The standard InChI is InChI=1S/C24H31FO6/c1-14-7-8-19-15(2)20(10-12-27-21(26)16-5-4-6-17(25)13-16)28-22-24(19)18(14)9-11-23(3,29-22)30-31-24/h4-6,13-15,18-20,22H,7-12H2,1-3H3/t14-,15-,18+,19+,20-,22-,23-,24-/m1/s1. The molecule has 4 heterocycles. The lowest BCUT2D eigenvalue weighted by molar-refractivity contribution is -0.571. The van der Waals surface area contributed by atoms with Gasteiger partial charge in [0.25, 0.3) is 0 Å². The first-order chi connectivity index (χ1) is 14.8. The lowest BCUT2D eigenvalue weighted by atomic mass is 9.57. The molecule has 7 heteroatoms. The van der Waals surface area contributed by atoms with Crippen LogP contribution in [-0.2, 0) is 24.0 Å². The minimum Gasteiger partial charge on any atom is -0.462 e. The van der Waals surface area contributed by atoms with Crippen molar-refractivity contribution in [3.63, 3.8) is 0 Å². The van der Waals surface area contributed by atoms with E-state index in [9.17, 15) is 9.18 Å². The lowest BCUT2D eigenvalue weighted by Gasteiger charge is -2.60. The van der Waals surface area contributed by atoms with E-state index in [2.05, 4.69) is 13.8 Å². The summed E-state index contributed by atoms with van der Waals surface area (Å²) in [6.45, 7) is 6.59. The Morgan fingerprint density at radius 2 is 2.03 bits per heavy atom. The second kappa shape index (κ2) is 7.80. The molecule has 1 saturated carbocycles. The Morgan fingerprint density at radius 1 is 1.19 bits per heavy atom. The van der Waals surface area contributed by atoms with Crippen LogP contribution in [0, 0.1) is 29.5 Å². The zero-order valence-electron chi connectivity index (χ0n) is 18.3. The molecule has 31 heavy (non-hydrogen) atoms. The van der Waals surface area contributed by atoms with Gasteiger partial charge in [-0.3, -0.25) is 0 Å². The van der Waals surface area contributed by atoms with Crippen molar-refractivity contribution in [1.29, 1.82) is 0 Å². The number of hydrogen-bond donors (Lipinski definition) is 0. The number of esters is 1. The van der Waals surface area contributed by atoms with E-state index in [1.54, 1.807) is 6.07 Å². The number of halogens is 1. The molecular weight excluding hydrogens is 403 g/mol. The molecule has 4 saturated heterocycles. The van der Waals surface area contributed by atoms with Crippen molar-refractivity contribution in [3.05, 3.63) is 35.6 Å². The minimum absolute atomic E-state index is 0.124. The van der Waals surface area contributed by atoms with E-state index in [0.717, 1.165) is 25.7 Å². The third-order valence-corrected chi connectivity index (χ3v) is 7.99. The quantitative estimate of drug-likeness (QED) is 0.509. The molecule has 8 atom stereocenters. The number of rotatable bonds is 4. The Morgan fingerprint density at radius 3 is 2.84 bits per heavy atom. The predicted molar refractivity (Wildman–Crippen MR) is 108 cm³/mol. The molecule has 1 aromatic carbocycles. The highest BCUT2D eigenvalue weighted by Gasteiger charge is 2.69. The van der Waals surface area contributed by atoms with Crippen LogP contribution in [0.5, 0.6) is 0 Å². The van der Waals surface area contributed by atoms with Gasteiger partial charge in [0.15, 0.2) is 11.9 Å². The summed E-state index contributed by atoms with van der Waals surface area (Å²) in [6, 6.07) is 5.53. The summed E-state index contributed by atoms with van der Waals surface area (Å²) in [7, 11) is 0. The third-order valence-electron chi connectivity index (χ3n) is 7.99. The molecule has 6 rings (SSSR count). The van der Waals surface area contributed by atoms with Gasteiger partial charge in [-0.05, 0) is 62.1 Å². The van der Waals surface area contributed by atoms with Crippen LogP contribution in [0.4, 0.5) is 4.39 Å². The molecule has 0 amide bonds. The van der Waals surface area contributed by atoms with E-state index in [1.165, 1.54) is 18.2 Å². The molecule has 4 aliphatic heterocycles. The Balaban J connectivity index is 1.30. The van der Waals surface area contributed by atoms with Gasteiger partial charge in [-0.1, -0.05) is 19.9 Å². The highest BCUT2D eigenvalue weighted by molar-refractivity contribution is 5.89. The zero-order valence-corrected chi connectivity index (χ0v) is 18.3. The highest BCUT2D eigenvalue weighted by atomic mass is 19.1. The number of ether oxygens (including phenoxy) is 3. The molecule has 1 spiro atoms. The van der Waals surface area contributed by atoms with Gasteiger partial charge in [0.05, 0.1) is 18.3 Å². The van der Waals surface area contributed by atoms with Gasteiger partial charge in [0, 0.05) is 18.8 Å². The first-order valence-corrected chi connectivity index (χ1v) is 11.5. The molecule has 1 aromatic rings. The number of carbonyl (C=O) groups is 1. The number of carbonyl (C=O) groups excluding carboxylic acids is 1. The number of fused-ring (bicyclic) bond motifs is 2. The van der Waals surface area contributed by atoms with Crippen LogP contribution in [-0.4, -0.2) is 36.4 Å². The molecule has 0 aromatic heterocycles. The average Bonchev–Trinajstić information content (AvgIpc) is 2.97. The van der Waals surface area contributed by atoms with Crippen LogP contribution < -0.4 is 0 Å². The van der Waals surface area contributed by atoms with Crippen LogP contribution in [0.25, 0.3) is 0 Å². The monoisotopic (exact) mass is 434 g/mol. The van der Waals surface area contributed by atoms with Crippen LogP contribution >= 0.6 is 0 Å². The maximum Gasteiger partial charge on any atom is 0.338 e. The maximum absolute atomic E-state index is 13.4. The predicted octanol–water partition coefficient (Wildman–Crippen LogP) is 4.62. The summed E-state index contributed by atoms with van der Waals surface area (Å²) in [5, 5.41) is 0. The van der Waals surface area contributed by atoms with Crippen molar-refractivity contribution >= 4 is 5.97 Å². The smallest absolute Gasteiger partial charge is 0.338 e. The summed E-state index contributed by atoms with van der Waals surface area (Å²) in [4.78, 5) is 24.2. The Hall–Kier alpha value is -1.54. The zero-order chi connectivity index (χ0) is 21.8. The SMILES string of the molecule is C[C@H]1[C@@H](CCOC(=O)c2cccc(F)c2)O[C@@H]2O[C@@]3(C)CC[C@H]4[C@H](C)CC[C@@H]1[C@@]24OO3. The van der Waals surface area contributed by atoms with Crippen LogP contribution in [0.1, 0.15) is 63.2 Å². The fraction of sp³-hybridized carbons (Fsp3) is 0.708. The van der Waals surface area contributed by atoms with Crippen molar-refractivity contribution in [2.24, 2.45) is 23.7 Å². The van der Waals surface area contributed by atoms with E-state index in [0.29, 0.717) is 18.3 Å². The van der Waals surface area contributed by atoms with E-state index in [4.69, 9.17) is 24.0 Å². The molecule has 0 unspecified atom stereocenters. The largest absolute Gasteiger partial charge is 0.462 e. The fourth-order valence-corrected chi connectivity index (χ4v) is 6.28. The summed E-state index contributed by atoms with van der Waals surface area (Å²) in [6.07, 6.45) is 3.88. The summed E-state index contributed by atoms with van der Waals surface area (Å²) < 4.78 is 31.6. The van der Waals surface area contributed by atoms with Crippen LogP contribution in [0.2, 0.25) is 0 Å². The Kier molecular flexibility index (Phi) is 5.36. The first kappa shape index (κ1) is 21.3. The van der Waals surface area contributed by atoms with Gasteiger partial charge < -0.3 is 14.2 Å². The van der Waals surface area contributed by atoms with Crippen molar-refractivity contribution in [2.75, 3.05) is 6.61 Å². The molecule has 0 radical (unpaired) electrons. The highest BCUT2D eigenvalue weighted by Crippen LogP contribution is 2.60. The fourth-order valence-electron chi connectivity index (χ4n) is 6.28. The second-order valence-corrected chi connectivity index (χ2v) is 9.88. The topological polar surface area (TPSA) is 63.2 Å². The van der Waals surface area contributed by atoms with Crippen LogP contribution in [0.3, 0.4) is 0 Å². The normalized spacial score (nSPS) is 43.7. The molecule has 0 N–H and O–H groups in total. The Bertz CT molecular complexity index is 847. The van der Waals surface area contributed by atoms with Gasteiger partial charge in [0.2, 0.25) is 5.79 Å². The van der Waals surface area contributed by atoms with E-state index < -0.39 is 29.5 Å². The van der Waals surface area contributed by atoms with Crippen molar-refractivity contribution in [2.45, 2.75) is 76.7 Å². The average molecular weight is 435 g/mol. The number of benzene rings is 1. The molecule has 5 fully saturated rings. The Labute approximate surface area is 182 Å². The van der Waals surface area contributed by atoms with Crippen molar-refractivity contribution in [3.8, 4) is 0 Å². The van der Waals surface area contributed by atoms with Crippen molar-refractivity contribution in [1.82, 2.24) is 0 Å². The van der Waals surface area contributed by atoms with Gasteiger partial charge in [-0.2, -0.15) is 0 Å². The van der Waals surface area contributed by atoms with E-state index in [1.807, 2.05) is 6.92 Å². The van der Waals surface area contributed by atoms with E-state index >= 15 is 0 Å². The van der Waals surface area contributed by atoms with Crippen molar-refractivity contribution < 1.29 is 33.2 Å². The van der Waals surface area contributed by atoms with Crippen LogP contribution in [0.15, 0.2) is 24.3 Å². The minimum atomic E-state index is -0.799. The van der Waals surface area contributed by atoms with Gasteiger partial charge in [0.1, 0.15) is 5.82 Å². The van der Waals surface area contributed by atoms with E-state index in [-0.39, 0.29) is 30.1 Å². The summed E-state index contributed by atoms with van der Waals surface area (Å²) in [5.74, 6) is -0.484. The second-order valence-electron chi connectivity index (χ2n) is 9.88. The van der Waals surface area contributed by atoms with Gasteiger partial charge in [-0.15, -0.1) is 0 Å². The molecule has 1 aliphatic carbocycles. The number of hydrogen-bond acceptors (Lipinski definition) is 6. The first-order valence-electron chi connectivity index (χ1n) is 11.5. The molecular formula is C24H31FO6. The van der Waals surface area contributed by atoms with Gasteiger partial charge in [-0.25, -0.2) is 19.0 Å². The molecule has 6 nitrogen and oxygen atoms in total.